The van der Waals surface area contributed by atoms with Crippen LogP contribution in [0.5, 0.6) is 0 Å². The second kappa shape index (κ2) is 4.36. The van der Waals surface area contributed by atoms with E-state index in [9.17, 15) is 18.0 Å². The van der Waals surface area contributed by atoms with Gasteiger partial charge in [-0.05, 0) is 43.6 Å². The zero-order chi connectivity index (χ0) is 14.5. The Bertz CT molecular complexity index is 579. The number of nitrogens with zero attached hydrogens (tertiary/aromatic N) is 1. The van der Waals surface area contributed by atoms with Gasteiger partial charge in [0.05, 0.1) is 5.69 Å². The van der Waals surface area contributed by atoms with Gasteiger partial charge in [0, 0.05) is 11.3 Å². The number of nitrogens with two attached hydrogens (primary N) is 1. The Labute approximate surface area is 113 Å². The number of carbonyl (C=O) groups excluding carboxylic acids is 1. The molecule has 0 atom stereocenters. The van der Waals surface area contributed by atoms with E-state index in [0.29, 0.717) is 31.4 Å². The molecule has 1 aromatic rings. The first-order valence-corrected chi connectivity index (χ1v) is 6.57. The summed E-state index contributed by atoms with van der Waals surface area (Å²) < 4.78 is 39.6. The lowest BCUT2D eigenvalue weighted by molar-refractivity contribution is -0.141. The van der Waals surface area contributed by atoms with Gasteiger partial charge in [-0.1, -0.05) is 0 Å². The van der Waals surface area contributed by atoms with E-state index in [1.807, 2.05) is 0 Å². The fourth-order valence-corrected chi connectivity index (χ4v) is 2.85. The number of hydrogen-bond acceptors (Lipinski definition) is 2. The predicted octanol–water partition coefficient (Wildman–Crippen LogP) is 2.96. The van der Waals surface area contributed by atoms with Gasteiger partial charge in [0.2, 0.25) is 0 Å². The second-order valence-electron chi connectivity index (χ2n) is 5.29. The summed E-state index contributed by atoms with van der Waals surface area (Å²) in [5.41, 5.74) is 5.80. The summed E-state index contributed by atoms with van der Waals surface area (Å²) in [6, 6.07) is -0.833. The molecule has 20 heavy (non-hydrogen) atoms. The fraction of sp³-hybridized carbons (Fsp3) is 0.538. The largest absolute Gasteiger partial charge is 0.433 e. The van der Waals surface area contributed by atoms with Crippen molar-refractivity contribution in [1.82, 2.24) is 4.98 Å². The molecule has 0 bridgehead atoms. The Balaban J connectivity index is 2.23. The van der Waals surface area contributed by atoms with Crippen LogP contribution in [0.4, 0.5) is 23.7 Å². The van der Waals surface area contributed by atoms with Gasteiger partial charge in [-0.15, -0.1) is 0 Å². The van der Waals surface area contributed by atoms with E-state index >= 15 is 0 Å². The van der Waals surface area contributed by atoms with Crippen LogP contribution in [0.3, 0.4) is 0 Å². The van der Waals surface area contributed by atoms with Crippen LogP contribution in [0.25, 0.3) is 0 Å². The number of anilines is 1. The number of fused-ring (bicyclic) bond motifs is 1. The topological polar surface area (TPSA) is 68.0 Å². The molecule has 1 saturated carbocycles. The Morgan fingerprint density at radius 2 is 2.00 bits per heavy atom. The molecule has 0 unspecified atom stereocenters. The van der Waals surface area contributed by atoms with Crippen molar-refractivity contribution in [2.45, 2.75) is 44.2 Å². The number of primary amides is 1. The molecular weight excluding hydrogens is 271 g/mol. The number of urea groups is 1. The lowest BCUT2D eigenvalue weighted by Gasteiger charge is -2.19. The molecule has 0 spiro atoms. The Hall–Kier alpha value is -1.79. The molecule has 108 valence electrons. The molecule has 2 aliphatic rings. The third-order valence-corrected chi connectivity index (χ3v) is 3.76. The minimum absolute atomic E-state index is 0.122. The number of pyridine rings is 1. The summed E-state index contributed by atoms with van der Waals surface area (Å²) >= 11 is 0. The molecule has 4 nitrogen and oxygen atoms in total. The number of hydrogen-bond donors (Lipinski definition) is 2. The molecule has 1 fully saturated rings. The first-order chi connectivity index (χ1) is 9.38. The van der Waals surface area contributed by atoms with Gasteiger partial charge in [-0.25, -0.2) is 9.78 Å². The molecule has 0 saturated heterocycles. The number of amides is 2. The Kier molecular flexibility index (Phi) is 2.88. The summed E-state index contributed by atoms with van der Waals surface area (Å²) in [5.74, 6) is -0.174. The fourth-order valence-electron chi connectivity index (χ4n) is 2.85. The van der Waals surface area contributed by atoms with Gasteiger partial charge in [0.1, 0.15) is 5.69 Å². The van der Waals surface area contributed by atoms with E-state index in [1.165, 1.54) is 0 Å². The molecule has 7 heteroatoms. The molecule has 3 N–H and O–H groups in total. The van der Waals surface area contributed by atoms with Crippen LogP contribution in [-0.4, -0.2) is 11.0 Å². The van der Waals surface area contributed by atoms with Gasteiger partial charge in [-0.3, -0.25) is 0 Å². The number of aromatic nitrogens is 1. The minimum Gasteiger partial charge on any atom is -0.351 e. The highest BCUT2D eigenvalue weighted by Gasteiger charge is 2.43. The van der Waals surface area contributed by atoms with Gasteiger partial charge < -0.3 is 11.1 Å². The van der Waals surface area contributed by atoms with E-state index in [-0.39, 0.29) is 17.2 Å². The van der Waals surface area contributed by atoms with Crippen molar-refractivity contribution in [1.29, 1.82) is 0 Å². The van der Waals surface area contributed by atoms with E-state index in [4.69, 9.17) is 5.73 Å². The maximum atomic E-state index is 13.2. The van der Waals surface area contributed by atoms with Crippen molar-refractivity contribution in [3.63, 3.8) is 0 Å². The molecule has 2 amide bonds. The zero-order valence-electron chi connectivity index (χ0n) is 10.7. The predicted molar refractivity (Wildman–Crippen MR) is 66.4 cm³/mol. The van der Waals surface area contributed by atoms with Crippen LogP contribution < -0.4 is 11.1 Å². The van der Waals surface area contributed by atoms with Crippen molar-refractivity contribution >= 4 is 11.7 Å². The van der Waals surface area contributed by atoms with Crippen LogP contribution in [0.2, 0.25) is 0 Å². The number of alkyl halides is 3. The summed E-state index contributed by atoms with van der Waals surface area (Å²) in [4.78, 5) is 15.0. The van der Waals surface area contributed by atoms with Gasteiger partial charge >= 0.3 is 12.2 Å². The number of carbonyl (C=O) groups is 1. The Morgan fingerprint density at radius 3 is 2.55 bits per heavy atom. The lowest BCUT2D eigenvalue weighted by Crippen LogP contribution is -2.24. The van der Waals surface area contributed by atoms with E-state index in [0.717, 1.165) is 12.0 Å². The maximum absolute atomic E-state index is 13.2. The maximum Gasteiger partial charge on any atom is 0.433 e. The Morgan fingerprint density at radius 1 is 1.30 bits per heavy atom. The molecule has 0 radical (unpaired) electrons. The van der Waals surface area contributed by atoms with E-state index in [2.05, 4.69) is 10.3 Å². The smallest absolute Gasteiger partial charge is 0.351 e. The number of rotatable bonds is 2. The average molecular weight is 285 g/mol. The second-order valence-corrected chi connectivity index (χ2v) is 5.29. The summed E-state index contributed by atoms with van der Waals surface area (Å²) in [6.07, 6.45) is -1.23. The molecular formula is C13H14F3N3O. The van der Waals surface area contributed by atoms with Crippen molar-refractivity contribution in [2.75, 3.05) is 5.32 Å². The van der Waals surface area contributed by atoms with E-state index < -0.39 is 17.9 Å². The average Bonchev–Trinajstić information content (AvgIpc) is 3.04. The standard InChI is InChI=1S/C13H14F3N3O/c14-13(15,16)11-9(6-4-5-6)10(19-12(17)20)7-2-1-3-8(7)18-11/h6H,1-5H2,(H3,17,18,19,20). The highest BCUT2D eigenvalue weighted by atomic mass is 19.4. The minimum atomic E-state index is -4.51. The molecule has 1 aromatic heterocycles. The summed E-state index contributed by atoms with van der Waals surface area (Å²) in [6.45, 7) is 0. The van der Waals surface area contributed by atoms with E-state index in [1.54, 1.807) is 0 Å². The molecule has 0 aromatic carbocycles. The van der Waals surface area contributed by atoms with Crippen molar-refractivity contribution in [3.05, 3.63) is 22.5 Å². The van der Waals surface area contributed by atoms with Gasteiger partial charge in [-0.2, -0.15) is 13.2 Å². The van der Waals surface area contributed by atoms with Crippen molar-refractivity contribution in [3.8, 4) is 0 Å². The zero-order valence-corrected chi connectivity index (χ0v) is 10.7. The van der Waals surface area contributed by atoms with Crippen LogP contribution in [0, 0.1) is 0 Å². The highest BCUT2D eigenvalue weighted by molar-refractivity contribution is 5.90. The highest BCUT2D eigenvalue weighted by Crippen LogP contribution is 2.50. The molecule has 3 rings (SSSR count). The SMILES string of the molecule is NC(=O)Nc1c2c(nc(C(F)(F)F)c1C1CC1)CCC2. The summed E-state index contributed by atoms with van der Waals surface area (Å²) in [7, 11) is 0. The van der Waals surface area contributed by atoms with Crippen LogP contribution in [0.1, 0.15) is 47.7 Å². The van der Waals surface area contributed by atoms with Crippen LogP contribution in [0.15, 0.2) is 0 Å². The van der Waals surface area contributed by atoms with Crippen LogP contribution >= 0.6 is 0 Å². The van der Waals surface area contributed by atoms with Crippen molar-refractivity contribution < 1.29 is 18.0 Å². The van der Waals surface area contributed by atoms with Gasteiger partial charge in [0.25, 0.3) is 0 Å². The van der Waals surface area contributed by atoms with Crippen LogP contribution in [-0.2, 0) is 19.0 Å². The number of halogens is 3. The van der Waals surface area contributed by atoms with Crippen molar-refractivity contribution in [2.24, 2.45) is 5.73 Å². The molecule has 0 aliphatic heterocycles. The third-order valence-electron chi connectivity index (χ3n) is 3.76. The number of aryl methyl sites for hydroxylation is 1. The lowest BCUT2D eigenvalue weighted by atomic mass is 10.00. The van der Waals surface area contributed by atoms with Gasteiger partial charge in [0.15, 0.2) is 0 Å². The summed E-state index contributed by atoms with van der Waals surface area (Å²) in [5, 5.41) is 2.41. The third kappa shape index (κ3) is 2.21. The first kappa shape index (κ1) is 13.2. The monoisotopic (exact) mass is 285 g/mol. The number of nitrogens with one attached hydrogen (secondary N) is 1. The quantitative estimate of drug-likeness (QED) is 0.877. The first-order valence-electron chi connectivity index (χ1n) is 6.57. The normalized spacial score (nSPS) is 17.9. The molecule has 2 aliphatic carbocycles. The molecule has 1 heterocycles.